The van der Waals surface area contributed by atoms with Gasteiger partial charge in [0.15, 0.2) is 17.6 Å². The number of allylic oxidation sites excluding steroid dienone is 3. The number of Topliss-reactive ketones (excluding diaryl/α,β-unsaturated/α-hetero) is 1. The van der Waals surface area contributed by atoms with Gasteiger partial charge in [0.1, 0.15) is 5.76 Å². The largest absolute Gasteiger partial charge is 0.513 e. The van der Waals surface area contributed by atoms with E-state index in [0.717, 1.165) is 44.7 Å². The molecular weight excluding hydrogens is 506 g/mol. The van der Waals surface area contributed by atoms with Gasteiger partial charge in [-0.05, 0) is 63.0 Å². The molecule has 6 atom stereocenters. The first-order chi connectivity index (χ1) is 19.5. The Morgan fingerprint density at radius 2 is 1.80 bits per heavy atom. The third kappa shape index (κ3) is 5.04. The maximum absolute atomic E-state index is 13.2. The van der Waals surface area contributed by atoms with E-state index in [1.165, 1.54) is 64.2 Å². The van der Waals surface area contributed by atoms with Crippen LogP contribution in [0, 0.1) is 23.2 Å². The lowest BCUT2D eigenvalue weighted by molar-refractivity contribution is -0.244. The fourth-order valence-corrected chi connectivity index (χ4v) is 8.80. The Bertz CT molecular complexity index is 1020. The lowest BCUT2D eigenvalue weighted by Gasteiger charge is -2.65. The Kier molecular flexibility index (Phi) is 8.33. The van der Waals surface area contributed by atoms with Crippen molar-refractivity contribution in [2.45, 2.75) is 127 Å². The van der Waals surface area contributed by atoms with Gasteiger partial charge in [0, 0.05) is 24.9 Å². The number of rotatable bonds is 14. The molecule has 0 aromatic heterocycles. The number of unbranched alkanes of at least 4 members (excludes halogenated alkanes) is 9. The highest BCUT2D eigenvalue weighted by molar-refractivity contribution is 5.87. The van der Waals surface area contributed by atoms with E-state index in [9.17, 15) is 14.7 Å². The molecule has 3 unspecified atom stereocenters. The maximum atomic E-state index is 13.2. The lowest BCUT2D eigenvalue weighted by atomic mass is 9.44. The first-order valence-corrected chi connectivity index (χ1v) is 16.4. The first-order valence-electron chi connectivity index (χ1n) is 16.4. The van der Waals surface area contributed by atoms with Gasteiger partial charge in [-0.3, -0.25) is 9.69 Å². The summed E-state index contributed by atoms with van der Waals surface area (Å²) in [6.45, 7) is 4.52. The van der Waals surface area contributed by atoms with E-state index >= 15 is 0 Å². The lowest BCUT2D eigenvalue weighted by Crippen LogP contribution is -2.76. The summed E-state index contributed by atoms with van der Waals surface area (Å²) in [7, 11) is 0. The Morgan fingerprint density at radius 3 is 2.52 bits per heavy atom. The molecular formula is C33H49NO6. The molecule has 5 fully saturated rings. The van der Waals surface area contributed by atoms with E-state index in [-0.39, 0.29) is 23.7 Å². The molecule has 7 heteroatoms. The van der Waals surface area contributed by atoms with Crippen LogP contribution in [-0.2, 0) is 19.0 Å². The van der Waals surface area contributed by atoms with Crippen LogP contribution in [0.15, 0.2) is 23.7 Å². The molecule has 0 amide bonds. The number of carbonyl (C=O) groups is 2. The predicted molar refractivity (Wildman–Crippen MR) is 151 cm³/mol. The van der Waals surface area contributed by atoms with Crippen molar-refractivity contribution in [2.24, 2.45) is 23.2 Å². The van der Waals surface area contributed by atoms with Crippen molar-refractivity contribution in [3.05, 3.63) is 23.7 Å². The van der Waals surface area contributed by atoms with Crippen LogP contribution in [0.4, 0.5) is 4.79 Å². The number of carbonyl (C=O) groups excluding carboxylic acids is 2. The fraction of sp³-hybridized carbons (Fsp3) is 0.818. The summed E-state index contributed by atoms with van der Waals surface area (Å²) < 4.78 is 17.5. The van der Waals surface area contributed by atoms with Crippen LogP contribution in [0.5, 0.6) is 0 Å². The maximum Gasteiger partial charge on any atom is 0.513 e. The smallest absolute Gasteiger partial charge is 0.482 e. The highest BCUT2D eigenvalue weighted by Gasteiger charge is 2.77. The molecule has 222 valence electrons. The average molecular weight is 556 g/mol. The van der Waals surface area contributed by atoms with Gasteiger partial charge in [-0.25, -0.2) is 4.79 Å². The quantitative estimate of drug-likeness (QED) is 0.195. The molecule has 1 spiro atoms. The molecule has 2 aliphatic heterocycles. The van der Waals surface area contributed by atoms with Gasteiger partial charge in [0.2, 0.25) is 0 Å². The summed E-state index contributed by atoms with van der Waals surface area (Å²) in [5.41, 5.74) is -1.61. The van der Waals surface area contributed by atoms with Crippen molar-refractivity contribution in [3.8, 4) is 0 Å². The highest BCUT2D eigenvalue weighted by Crippen LogP contribution is 2.69. The Morgan fingerprint density at radius 1 is 1.07 bits per heavy atom. The van der Waals surface area contributed by atoms with Gasteiger partial charge in [-0.15, -0.1) is 0 Å². The van der Waals surface area contributed by atoms with E-state index in [0.29, 0.717) is 31.0 Å². The van der Waals surface area contributed by atoms with Crippen LogP contribution in [0.25, 0.3) is 0 Å². The molecule has 2 saturated heterocycles. The van der Waals surface area contributed by atoms with Crippen LogP contribution < -0.4 is 0 Å². The minimum atomic E-state index is -0.964. The summed E-state index contributed by atoms with van der Waals surface area (Å²) in [5, 5.41) is 12.4. The van der Waals surface area contributed by atoms with Gasteiger partial charge in [0.05, 0.1) is 17.6 Å². The zero-order valence-corrected chi connectivity index (χ0v) is 24.4. The second-order valence-electron chi connectivity index (χ2n) is 13.5. The molecule has 2 heterocycles. The molecule has 7 nitrogen and oxygen atoms in total. The molecule has 0 aromatic carbocycles. The van der Waals surface area contributed by atoms with Gasteiger partial charge in [0.25, 0.3) is 0 Å². The molecule has 1 N–H and O–H groups in total. The van der Waals surface area contributed by atoms with Crippen LogP contribution in [-0.4, -0.2) is 59.4 Å². The van der Waals surface area contributed by atoms with Crippen LogP contribution >= 0.6 is 0 Å². The average Bonchev–Trinajstić information content (AvgIpc) is 3.68. The van der Waals surface area contributed by atoms with Gasteiger partial charge in [-0.2, -0.15) is 0 Å². The minimum absolute atomic E-state index is 0.0415. The molecule has 4 aliphatic carbocycles. The Labute approximate surface area is 239 Å². The number of ether oxygens (including phenoxy) is 3. The van der Waals surface area contributed by atoms with Crippen molar-refractivity contribution in [3.63, 3.8) is 0 Å². The zero-order valence-electron chi connectivity index (χ0n) is 24.4. The first kappa shape index (κ1) is 28.3. The molecule has 40 heavy (non-hydrogen) atoms. The summed E-state index contributed by atoms with van der Waals surface area (Å²) in [6, 6.07) is 0.0415. The monoisotopic (exact) mass is 555 g/mol. The van der Waals surface area contributed by atoms with Gasteiger partial charge >= 0.3 is 6.16 Å². The second kappa shape index (κ2) is 11.8. The molecule has 6 rings (SSSR count). The van der Waals surface area contributed by atoms with Gasteiger partial charge < -0.3 is 19.3 Å². The highest BCUT2D eigenvalue weighted by atomic mass is 16.7. The van der Waals surface area contributed by atoms with E-state index in [1.807, 2.05) is 6.08 Å². The molecule has 6 aliphatic rings. The van der Waals surface area contributed by atoms with Crippen LogP contribution in [0.1, 0.15) is 110 Å². The topological polar surface area (TPSA) is 85.3 Å². The van der Waals surface area contributed by atoms with Crippen molar-refractivity contribution in [1.29, 1.82) is 0 Å². The zero-order chi connectivity index (χ0) is 27.7. The molecule has 0 radical (unpaired) electrons. The van der Waals surface area contributed by atoms with E-state index in [1.54, 1.807) is 0 Å². The molecule has 0 aromatic rings. The number of hydrogen-bond acceptors (Lipinski definition) is 7. The van der Waals surface area contributed by atoms with E-state index in [4.69, 9.17) is 14.2 Å². The number of nitrogens with zero attached hydrogens (tertiary/aromatic N) is 1. The second-order valence-corrected chi connectivity index (χ2v) is 13.5. The SMILES string of the molecule is CCCCCCCCCCCCOC(=O)OC1=C2O[C@H]3C(=O)CC[C@@]4(O)C5CC(C=C1)C2[C@@]34CCN5CC1CC1. The normalized spacial score (nSPS) is 35.9. The Balaban J connectivity index is 1.05. The summed E-state index contributed by atoms with van der Waals surface area (Å²) in [4.78, 5) is 28.4. The number of ketones is 1. The van der Waals surface area contributed by atoms with Crippen molar-refractivity contribution in [2.75, 3.05) is 19.7 Å². The third-order valence-electron chi connectivity index (χ3n) is 11.0. The van der Waals surface area contributed by atoms with Crippen molar-refractivity contribution in [1.82, 2.24) is 4.90 Å². The molecule has 3 saturated carbocycles. The summed E-state index contributed by atoms with van der Waals surface area (Å²) >= 11 is 0. The third-order valence-corrected chi connectivity index (χ3v) is 11.0. The van der Waals surface area contributed by atoms with E-state index < -0.39 is 23.3 Å². The molecule has 2 bridgehead atoms. The Hall–Kier alpha value is -1.86. The number of piperidine rings is 1. The van der Waals surface area contributed by atoms with Crippen molar-refractivity contribution >= 4 is 11.9 Å². The fourth-order valence-electron chi connectivity index (χ4n) is 8.80. The van der Waals surface area contributed by atoms with E-state index in [2.05, 4.69) is 17.9 Å². The van der Waals surface area contributed by atoms with Gasteiger partial charge in [-0.1, -0.05) is 70.8 Å². The van der Waals surface area contributed by atoms with Crippen molar-refractivity contribution < 1.29 is 28.9 Å². The predicted octanol–water partition coefficient (Wildman–Crippen LogP) is 6.44. The number of aliphatic hydroxyl groups is 1. The minimum Gasteiger partial charge on any atom is -0.482 e. The van der Waals surface area contributed by atoms with Crippen LogP contribution in [0.2, 0.25) is 0 Å². The number of hydrogen-bond donors (Lipinski definition) is 1. The van der Waals surface area contributed by atoms with Crippen LogP contribution in [0.3, 0.4) is 0 Å². The standard InChI is InChI=1S/C33H49NO6/c1-2-3-4-5-6-7-8-9-10-11-20-38-31(36)39-26-15-14-24-21-27-33(37)17-16-25(35)30-32(33,28(24)29(26)40-30)18-19-34(27)22-23-12-13-23/h14-15,23-24,27-28,30,37H,2-13,16-22H2,1H3/t24?,27?,28?,30-,32-,33+/m0/s1. The summed E-state index contributed by atoms with van der Waals surface area (Å²) in [5.74, 6) is 1.78. The summed E-state index contributed by atoms with van der Waals surface area (Å²) in [6.07, 6.45) is 19.8. The number of likely N-dealkylation sites (tertiary alicyclic amines) is 1.